The Morgan fingerprint density at radius 3 is 0.611 bits per heavy atom. The van der Waals surface area contributed by atoms with Crippen LogP contribution in [-0.2, 0) is 0 Å². The summed E-state index contributed by atoms with van der Waals surface area (Å²) >= 11 is 0. The molecule has 0 N–H and O–H groups in total. The average Bonchev–Trinajstić information content (AvgIpc) is 2.96. The zero-order chi connectivity index (χ0) is 25.3. The summed E-state index contributed by atoms with van der Waals surface area (Å²) in [6.07, 6.45) is 27.1. The van der Waals surface area contributed by atoms with E-state index in [0.29, 0.717) is 0 Å². The van der Waals surface area contributed by atoms with Gasteiger partial charge in [-0.3, -0.25) is 0 Å². The summed E-state index contributed by atoms with van der Waals surface area (Å²) in [4.78, 5) is 0. The maximum atomic E-state index is 6.78. The first-order chi connectivity index (χ1) is 17.7. The average molecular weight is 521 g/mol. The molecule has 1 heterocycles. The van der Waals surface area contributed by atoms with Gasteiger partial charge >= 0.3 is 0 Å². The lowest BCUT2D eigenvalue weighted by Crippen LogP contribution is -3.16. The van der Waals surface area contributed by atoms with E-state index in [0.717, 1.165) is 20.7 Å². The molecular weight excluding hydrogens is 497 g/mol. The van der Waals surface area contributed by atoms with Gasteiger partial charge in [0.05, 0.1) is 0 Å². The van der Waals surface area contributed by atoms with Gasteiger partial charge in [0.15, 0.2) is 28.4 Å². The van der Waals surface area contributed by atoms with Crippen molar-refractivity contribution >= 4 is 49.2 Å². The minimum absolute atomic E-state index is 1.16. The third-order valence-corrected chi connectivity index (χ3v) is 78.9. The predicted molar refractivity (Wildman–Crippen MR) is 163 cm³/mol. The van der Waals surface area contributed by atoms with Crippen LogP contribution in [0.25, 0.3) is 0 Å². The molecule has 0 atom stereocenters. The fourth-order valence-electron chi connectivity index (χ4n) is 6.75. The summed E-state index contributed by atoms with van der Waals surface area (Å²) in [5.41, 5.74) is 13.9. The van der Waals surface area contributed by atoms with Gasteiger partial charge in [-0.05, 0) is 20.7 Å². The summed E-state index contributed by atoms with van der Waals surface area (Å²) in [5, 5.41) is 4.62. The van der Waals surface area contributed by atoms with Gasteiger partial charge < -0.3 is 0 Å². The van der Waals surface area contributed by atoms with Crippen molar-refractivity contribution in [3.63, 3.8) is 0 Å². The molecule has 0 saturated carbocycles. The highest BCUT2D eigenvalue weighted by atomic mass is 30.2. The van der Waals surface area contributed by atoms with Crippen LogP contribution < -0.4 is 20.7 Å². The lowest BCUT2D eigenvalue weighted by Gasteiger charge is -2.70. The second-order valence-corrected chi connectivity index (χ2v) is 42.5. The SMILES string of the molecule is C#C[Si]1(c2ccccc2)[Si](C#C)(c2ccccc2)[Si](C#C)(c2ccccc2)[Si]1(C#C)c1ccccc1. The van der Waals surface area contributed by atoms with Crippen molar-refractivity contribution < 1.29 is 0 Å². The minimum Gasteiger partial charge on any atom is -0.133 e. The van der Waals surface area contributed by atoms with Gasteiger partial charge in [-0.2, -0.15) is 0 Å². The molecule has 4 aromatic rings. The van der Waals surface area contributed by atoms with Crippen LogP contribution in [0.2, 0.25) is 0 Å². The highest BCUT2D eigenvalue weighted by Gasteiger charge is 2.94. The van der Waals surface area contributed by atoms with E-state index in [2.05, 4.69) is 119 Å². The second kappa shape index (κ2) is 8.89. The van der Waals surface area contributed by atoms with E-state index in [1.807, 2.05) is 24.3 Å². The van der Waals surface area contributed by atoms with Gasteiger partial charge in [0.2, 0.25) is 0 Å². The number of terminal acetylenes is 4. The molecule has 4 aromatic carbocycles. The molecule has 0 bridgehead atoms. The Morgan fingerprint density at radius 1 is 0.306 bits per heavy atom. The van der Waals surface area contributed by atoms with Crippen LogP contribution in [0.5, 0.6) is 0 Å². The fourth-order valence-corrected chi connectivity index (χ4v) is 109. The van der Waals surface area contributed by atoms with Crippen LogP contribution in [0, 0.1) is 47.9 Å². The van der Waals surface area contributed by atoms with Crippen molar-refractivity contribution in [3.05, 3.63) is 121 Å². The van der Waals surface area contributed by atoms with Crippen LogP contribution in [0.4, 0.5) is 0 Å². The van der Waals surface area contributed by atoms with E-state index in [-0.39, 0.29) is 0 Å². The Morgan fingerprint density at radius 2 is 0.472 bits per heavy atom. The molecule has 0 spiro atoms. The summed E-state index contributed by atoms with van der Waals surface area (Å²) in [7, 11) is -12.1. The van der Waals surface area contributed by atoms with Crippen molar-refractivity contribution in [2.45, 2.75) is 0 Å². The first kappa shape index (κ1) is 23.7. The fraction of sp³-hybridized carbons (Fsp3) is 0. The van der Waals surface area contributed by atoms with Crippen LogP contribution in [0.15, 0.2) is 121 Å². The van der Waals surface area contributed by atoms with E-state index in [1.165, 1.54) is 0 Å². The molecule has 1 saturated heterocycles. The molecule has 1 fully saturated rings. The van der Waals surface area contributed by atoms with Gasteiger partial charge in [-0.15, -0.1) is 47.9 Å². The third-order valence-electron chi connectivity index (χ3n) is 7.94. The van der Waals surface area contributed by atoms with E-state index in [4.69, 9.17) is 25.7 Å². The van der Waals surface area contributed by atoms with Crippen molar-refractivity contribution in [1.82, 2.24) is 0 Å². The Balaban J connectivity index is 2.09. The van der Waals surface area contributed by atoms with Crippen molar-refractivity contribution in [1.29, 1.82) is 0 Å². The van der Waals surface area contributed by atoms with Crippen molar-refractivity contribution in [2.75, 3.05) is 0 Å². The Kier molecular flexibility index (Phi) is 5.86. The Hall–Kier alpha value is -4.01. The largest absolute Gasteiger partial charge is 0.186 e. The third kappa shape index (κ3) is 2.52. The summed E-state index contributed by atoms with van der Waals surface area (Å²) in [6, 6.07) is 41.9. The molecule has 1 aliphatic rings. The first-order valence-electron chi connectivity index (χ1n) is 11.8. The lowest BCUT2D eigenvalue weighted by molar-refractivity contribution is 1.72. The Bertz CT molecular complexity index is 1310. The lowest BCUT2D eigenvalue weighted by atomic mass is 10.4. The number of rotatable bonds is 4. The van der Waals surface area contributed by atoms with Gasteiger partial charge in [-0.25, -0.2) is 0 Å². The van der Waals surface area contributed by atoms with Crippen molar-refractivity contribution in [2.24, 2.45) is 0 Å². The van der Waals surface area contributed by atoms with Gasteiger partial charge in [-0.1, -0.05) is 121 Å². The smallest absolute Gasteiger partial charge is 0.133 e. The van der Waals surface area contributed by atoms with Crippen LogP contribution >= 0.6 is 0 Å². The molecule has 0 nitrogen and oxygen atoms in total. The molecule has 0 aliphatic carbocycles. The highest BCUT2D eigenvalue weighted by Crippen LogP contribution is 2.49. The standard InChI is InChI=1S/C32H24Si4/c1-5-33(29-21-13-9-14-22-29)34(6-2,30-23-15-10-16-24-30)36(8-4,32-27-19-12-20-28-32)35(33,7-3)31-25-17-11-18-26-31/h1-4,9-28H. The molecule has 0 aromatic heterocycles. The first-order valence-corrected chi connectivity index (χ1v) is 23.8. The molecule has 168 valence electrons. The molecule has 5 rings (SSSR count). The zero-order valence-corrected chi connectivity index (χ0v) is 23.9. The maximum Gasteiger partial charge on any atom is 0.186 e. The molecule has 1 aliphatic heterocycles. The highest BCUT2D eigenvalue weighted by molar-refractivity contribution is 8.25. The number of hydrogen-bond acceptors (Lipinski definition) is 0. The van der Waals surface area contributed by atoms with Crippen LogP contribution in [0.3, 0.4) is 0 Å². The zero-order valence-electron chi connectivity index (χ0n) is 19.9. The molecule has 0 amide bonds. The quantitative estimate of drug-likeness (QED) is 0.286. The molecule has 0 unspecified atom stereocenters. The molecule has 4 heteroatoms. The number of hydrogen-bond donors (Lipinski definition) is 0. The normalized spacial score (nSPS) is 28.3. The minimum atomic E-state index is -3.02. The van der Waals surface area contributed by atoms with Gasteiger partial charge in [0.1, 0.15) is 0 Å². The molecular formula is C32H24Si4. The van der Waals surface area contributed by atoms with Gasteiger partial charge in [0.25, 0.3) is 0 Å². The van der Waals surface area contributed by atoms with Crippen molar-refractivity contribution in [3.8, 4) is 47.9 Å². The maximum absolute atomic E-state index is 6.78. The van der Waals surface area contributed by atoms with E-state index >= 15 is 0 Å². The number of benzene rings is 4. The monoisotopic (exact) mass is 520 g/mol. The summed E-state index contributed by atoms with van der Waals surface area (Å²) < 4.78 is 0. The topological polar surface area (TPSA) is 0 Å². The van der Waals surface area contributed by atoms with E-state index < -0.39 is 28.4 Å². The van der Waals surface area contributed by atoms with Crippen LogP contribution in [-0.4, -0.2) is 28.4 Å². The van der Waals surface area contributed by atoms with E-state index in [9.17, 15) is 0 Å². The predicted octanol–water partition coefficient (Wildman–Crippen LogP) is 2.43. The second-order valence-electron chi connectivity index (χ2n) is 9.04. The Labute approximate surface area is 217 Å². The molecule has 36 heavy (non-hydrogen) atoms. The summed E-state index contributed by atoms with van der Waals surface area (Å²) in [5.74, 6) is 0. The van der Waals surface area contributed by atoms with E-state index in [1.54, 1.807) is 0 Å². The summed E-state index contributed by atoms with van der Waals surface area (Å²) in [6.45, 7) is 0. The van der Waals surface area contributed by atoms with Crippen LogP contribution in [0.1, 0.15) is 0 Å². The molecule has 0 radical (unpaired) electrons. The van der Waals surface area contributed by atoms with Gasteiger partial charge in [0, 0.05) is 0 Å².